The van der Waals surface area contributed by atoms with Gasteiger partial charge < -0.3 is 65.0 Å². The van der Waals surface area contributed by atoms with Crippen molar-refractivity contribution in [1.29, 1.82) is 0 Å². The molecule has 0 aliphatic carbocycles. The van der Waals surface area contributed by atoms with Crippen LogP contribution in [0.2, 0.25) is 0 Å². The Morgan fingerprint density at radius 3 is 1.08 bits per heavy atom. The first-order valence-electron chi connectivity index (χ1n) is 3.86. The summed E-state index contributed by atoms with van der Waals surface area (Å²) in [7, 11) is -5.14. The Kier molecular flexibility index (Phi) is 65.5. The van der Waals surface area contributed by atoms with Gasteiger partial charge in [-0.2, -0.15) is 0 Å². The Balaban J connectivity index is -0.0000000274. The van der Waals surface area contributed by atoms with Crippen molar-refractivity contribution in [2.45, 2.75) is 18.4 Å². The summed E-state index contributed by atoms with van der Waals surface area (Å²) >= 11 is 0. The second-order valence-electron chi connectivity index (χ2n) is 2.89. The molecule has 0 atom stereocenters. The van der Waals surface area contributed by atoms with Gasteiger partial charge in [0.25, 0.3) is 0 Å². The number of phosphoric acid groups is 1. The van der Waals surface area contributed by atoms with Gasteiger partial charge in [0.15, 0.2) is 0 Å². The normalized spacial score (nSPS) is 8.00. The van der Waals surface area contributed by atoms with Crippen molar-refractivity contribution in [3.63, 3.8) is 0 Å². The Morgan fingerprint density at radius 2 is 1.00 bits per heavy atom. The second kappa shape index (κ2) is 28.7. The summed E-state index contributed by atoms with van der Waals surface area (Å²) in [6.45, 7) is 0. The van der Waals surface area contributed by atoms with Crippen LogP contribution < -0.4 is 217 Å². The van der Waals surface area contributed by atoms with Crippen LogP contribution in [0.1, 0.15) is 12.8 Å². The van der Waals surface area contributed by atoms with Gasteiger partial charge in [-0.15, -0.1) is 0 Å². The molecule has 0 aromatic rings. The molecule has 0 aliphatic rings. The number of aliphatic carboxylic acids is 3. The zero-order valence-corrected chi connectivity index (χ0v) is 27.6. The van der Waals surface area contributed by atoms with Crippen LogP contribution in [0.4, 0.5) is 0 Å². The predicted molar refractivity (Wildman–Crippen MR) is 46.3 cm³/mol. The van der Waals surface area contributed by atoms with Gasteiger partial charge >= 0.3 is 191 Å². The second-order valence-corrected chi connectivity index (χ2v) is 3.82. The summed E-state index contributed by atoms with van der Waals surface area (Å²) < 4.78 is 8.66. The van der Waals surface area contributed by atoms with E-state index in [1.54, 1.807) is 0 Å². The van der Waals surface area contributed by atoms with Gasteiger partial charge in [-0.05, 0) is 0 Å². The fourth-order valence-corrected chi connectivity index (χ4v) is 0.684. The van der Waals surface area contributed by atoms with E-state index in [4.69, 9.17) is 24.4 Å². The number of aliphatic hydroxyl groups is 1. The fraction of sp³-hybridized carbons (Fsp3) is 0.500. The van der Waals surface area contributed by atoms with Crippen molar-refractivity contribution in [1.82, 2.24) is 0 Å². The van der Waals surface area contributed by atoms with Crippen LogP contribution >= 0.6 is 7.82 Å². The minimum Gasteiger partial charge on any atom is -0.790 e. The molecule has 0 unspecified atom stereocenters. The van der Waals surface area contributed by atoms with E-state index in [0.717, 1.165) is 0 Å². The number of hydrogen-bond acceptors (Lipinski definition) is 10. The largest absolute Gasteiger partial charge is 1.00 e. The van der Waals surface area contributed by atoms with Gasteiger partial charge in [-0.3, -0.25) is 0 Å². The predicted octanol–water partition coefficient (Wildman–Crippen LogP) is -24.1. The Bertz CT molecular complexity index is 368. The minimum absolute atomic E-state index is 0. The number of hydrogen-bond donors (Lipinski definition) is 2. The molecule has 6 N–H and O–H groups in total. The Morgan fingerprint density at radius 1 is 0.840 bits per heavy atom. The molecule has 0 spiro atoms. The van der Waals surface area contributed by atoms with Gasteiger partial charge in [-0.1, -0.05) is 0 Å². The summed E-state index contributed by atoms with van der Waals surface area (Å²) in [5.74, 6) is -5.98. The average Bonchev–Trinajstić information content (AvgIpc) is 1.95. The molecular formula is C6H10K2Na3O13P. The number of carbonyl (C=O) groups excluding carboxylic acids is 3. The fourth-order valence-electron chi connectivity index (χ4n) is 0.684. The number of carboxylic acids is 3. The summed E-state index contributed by atoms with van der Waals surface area (Å²) in [5.41, 5.74) is -2.97. The number of carboxylic acid groups (broad SMARTS) is 3. The third-order valence-electron chi connectivity index (χ3n) is 1.25. The number of carbonyl (C=O) groups is 3. The first kappa shape index (κ1) is 57.1. The van der Waals surface area contributed by atoms with Crippen molar-refractivity contribution in [2.24, 2.45) is 0 Å². The maximum Gasteiger partial charge on any atom is 1.00 e. The van der Waals surface area contributed by atoms with Crippen molar-refractivity contribution >= 4 is 25.7 Å². The molecule has 0 saturated heterocycles. The van der Waals surface area contributed by atoms with Crippen molar-refractivity contribution in [2.75, 3.05) is 0 Å². The monoisotopic (exact) mass is 468 g/mol. The maximum atomic E-state index is 10.1. The number of rotatable bonds is 5. The molecule has 19 heteroatoms. The van der Waals surface area contributed by atoms with E-state index in [1.165, 1.54) is 0 Å². The quantitative estimate of drug-likeness (QED) is 0.282. The van der Waals surface area contributed by atoms with E-state index in [1.807, 2.05) is 0 Å². The molecule has 0 fully saturated rings. The van der Waals surface area contributed by atoms with Crippen molar-refractivity contribution in [3.8, 4) is 0 Å². The molecule has 0 bridgehead atoms. The van der Waals surface area contributed by atoms with Gasteiger partial charge in [0.2, 0.25) is 0 Å². The average molecular weight is 468 g/mol. The molecule has 13 nitrogen and oxygen atoms in total. The topological polar surface area (TPSA) is 287 Å². The van der Waals surface area contributed by atoms with Gasteiger partial charge in [0.1, 0.15) is 5.60 Å². The van der Waals surface area contributed by atoms with E-state index in [2.05, 4.69) is 0 Å². The van der Waals surface area contributed by atoms with Gasteiger partial charge in [0, 0.05) is 24.8 Å². The Labute approximate surface area is 293 Å². The molecule has 122 valence electrons. The van der Waals surface area contributed by atoms with Crippen molar-refractivity contribution in [3.05, 3.63) is 0 Å². The molecule has 0 amide bonds. The van der Waals surface area contributed by atoms with Gasteiger partial charge in [-0.25, -0.2) is 0 Å². The summed E-state index contributed by atoms with van der Waals surface area (Å²) in [6, 6.07) is 0. The Hall–Kier alpha value is 4.67. The molecule has 0 heterocycles. The first-order chi connectivity index (χ1) is 7.78. The van der Waals surface area contributed by atoms with Crippen LogP contribution in [-0.2, 0) is 18.9 Å². The third-order valence-corrected chi connectivity index (χ3v) is 1.25. The van der Waals surface area contributed by atoms with E-state index in [9.17, 15) is 29.7 Å². The van der Waals surface area contributed by atoms with Crippen LogP contribution in [0.5, 0.6) is 0 Å². The van der Waals surface area contributed by atoms with Crippen molar-refractivity contribution < 1.29 is 256 Å². The standard InChI is InChI=1S/C6H8O7.2K.3Na.H3O4P.2H2O/c7-3(8)1-6(13,5(11)12)2-4(9)10;;;;;;1-5(2,3)4;;/h13H,1-2H2,(H,7,8)(H,9,10)(H,11,12);;;;;;(H3,1,2,3,4);2*1H2/q;5*+1;;;/p-5. The van der Waals surface area contributed by atoms with Crippen LogP contribution in [-0.4, -0.2) is 44.5 Å². The van der Waals surface area contributed by atoms with Crippen LogP contribution in [0.25, 0.3) is 0 Å². The van der Waals surface area contributed by atoms with E-state index in [0.29, 0.717) is 0 Å². The molecular weight excluding hydrogens is 458 g/mol. The van der Waals surface area contributed by atoms with E-state index >= 15 is 0 Å². The first-order valence-corrected chi connectivity index (χ1v) is 5.36. The van der Waals surface area contributed by atoms with Crippen LogP contribution in [0.15, 0.2) is 0 Å². The maximum absolute atomic E-state index is 10.1. The summed E-state index contributed by atoms with van der Waals surface area (Å²) in [4.78, 5) is 54.3. The van der Waals surface area contributed by atoms with Crippen LogP contribution in [0.3, 0.4) is 0 Å². The van der Waals surface area contributed by atoms with E-state index in [-0.39, 0.29) is 202 Å². The molecule has 25 heavy (non-hydrogen) atoms. The summed E-state index contributed by atoms with van der Waals surface area (Å²) in [5, 5.41) is 38.9. The molecule has 0 aromatic carbocycles. The SMILES string of the molecule is O.O.O=C([O-])CC(O)(CC(=O)[O-])C(=O)[O-].O=P([O-])([O-])O.[K+].[K+].[Na+].[Na+].[Na+]. The minimum atomic E-state index is -5.14. The third kappa shape index (κ3) is 47.7. The zero-order chi connectivity index (χ0) is 15.1. The van der Waals surface area contributed by atoms with Crippen LogP contribution in [0, 0.1) is 0 Å². The molecule has 0 aliphatic heterocycles. The molecule has 0 saturated carbocycles. The molecule has 0 rings (SSSR count). The van der Waals surface area contributed by atoms with E-state index < -0.39 is 44.2 Å². The summed E-state index contributed by atoms with van der Waals surface area (Å²) in [6.07, 6.45) is -2.72. The zero-order valence-electron chi connectivity index (χ0n) is 14.4. The van der Waals surface area contributed by atoms with Gasteiger partial charge in [0.05, 0.1) is 13.8 Å². The molecule has 0 aromatic heterocycles. The smallest absolute Gasteiger partial charge is 0.790 e. The molecule has 0 radical (unpaired) electrons.